The molecule has 11 heteroatoms. The minimum atomic E-state index is -0.403. The summed E-state index contributed by atoms with van der Waals surface area (Å²) in [5.74, 6) is 0.545. The zero-order valence-corrected chi connectivity index (χ0v) is 21.9. The van der Waals surface area contributed by atoms with Crippen molar-refractivity contribution in [3.8, 4) is 11.4 Å². The van der Waals surface area contributed by atoms with E-state index in [-0.39, 0.29) is 17.8 Å². The predicted molar refractivity (Wildman–Crippen MR) is 149 cm³/mol. The molecule has 1 saturated heterocycles. The first-order valence-corrected chi connectivity index (χ1v) is 12.6. The summed E-state index contributed by atoms with van der Waals surface area (Å²) in [6.07, 6.45) is 3.62. The maximum atomic E-state index is 11.4. The van der Waals surface area contributed by atoms with Crippen LogP contribution in [-0.4, -0.2) is 39.9 Å². The number of nitrogens with zero attached hydrogens (tertiary/aromatic N) is 4. The number of aromatic nitrogens is 2. The summed E-state index contributed by atoms with van der Waals surface area (Å²) >= 11 is 12.4. The number of rotatable bonds is 9. The number of non-ortho nitro benzene ring substituents is 1. The van der Waals surface area contributed by atoms with Crippen molar-refractivity contribution in [2.24, 2.45) is 0 Å². The van der Waals surface area contributed by atoms with Gasteiger partial charge in [0.15, 0.2) is 5.11 Å². The number of anilines is 1. The lowest BCUT2D eigenvalue weighted by Gasteiger charge is -2.29. The first-order chi connectivity index (χ1) is 18.5. The second kappa shape index (κ2) is 11.2. The largest absolute Gasteiger partial charge is 0.490 e. The Morgan fingerprint density at radius 2 is 1.95 bits per heavy atom. The Labute approximate surface area is 229 Å². The maximum Gasteiger partial charge on any atom is 0.271 e. The molecule has 1 fully saturated rings. The van der Waals surface area contributed by atoms with Crippen LogP contribution >= 0.6 is 23.8 Å². The Kier molecular flexibility index (Phi) is 7.54. The molecule has 2 aromatic carbocycles. The van der Waals surface area contributed by atoms with Gasteiger partial charge in [-0.05, 0) is 60.7 Å². The molecule has 9 nitrogen and oxygen atoms in total. The number of nitro benzene ring substituents is 1. The third kappa shape index (κ3) is 5.06. The lowest BCUT2D eigenvalue weighted by atomic mass is 10.0. The molecular formula is C27H24ClN5O4S. The molecule has 4 aromatic rings. The quantitative estimate of drug-likeness (QED) is 0.124. The molecule has 1 N–H and O–H groups in total. The number of benzene rings is 2. The van der Waals surface area contributed by atoms with Gasteiger partial charge in [-0.25, -0.2) is 0 Å². The minimum absolute atomic E-state index is 0.0104. The summed E-state index contributed by atoms with van der Waals surface area (Å²) in [6, 6.07) is 21.0. The van der Waals surface area contributed by atoms with Crippen molar-refractivity contribution >= 4 is 40.3 Å². The molecule has 3 heterocycles. The molecule has 5 rings (SSSR count). The molecule has 0 saturated carbocycles. The number of ether oxygens (including phenoxy) is 2. The number of halogens is 1. The minimum Gasteiger partial charge on any atom is -0.490 e. The summed E-state index contributed by atoms with van der Waals surface area (Å²) in [7, 11) is 1.61. The van der Waals surface area contributed by atoms with E-state index in [4.69, 9.17) is 33.3 Å². The third-order valence-electron chi connectivity index (χ3n) is 6.24. The second-order valence-electron chi connectivity index (χ2n) is 8.53. The van der Waals surface area contributed by atoms with Crippen LogP contribution in [0.25, 0.3) is 5.69 Å². The fourth-order valence-electron chi connectivity index (χ4n) is 4.55. The van der Waals surface area contributed by atoms with Gasteiger partial charge in [0, 0.05) is 43.0 Å². The molecule has 0 aliphatic carbocycles. The van der Waals surface area contributed by atoms with Crippen molar-refractivity contribution in [3.63, 3.8) is 0 Å². The van der Waals surface area contributed by atoms with E-state index in [2.05, 4.69) is 10.3 Å². The Bertz CT molecular complexity index is 1460. The van der Waals surface area contributed by atoms with Gasteiger partial charge >= 0.3 is 0 Å². The Balaban J connectivity index is 1.59. The predicted octanol–water partition coefficient (Wildman–Crippen LogP) is 5.64. The van der Waals surface area contributed by atoms with E-state index in [1.165, 1.54) is 6.07 Å². The Hall–Kier alpha value is -3.99. The van der Waals surface area contributed by atoms with Gasteiger partial charge in [-0.15, -0.1) is 0 Å². The smallest absolute Gasteiger partial charge is 0.271 e. The van der Waals surface area contributed by atoms with E-state index >= 15 is 0 Å². The van der Waals surface area contributed by atoms with Gasteiger partial charge in [-0.1, -0.05) is 23.7 Å². The van der Waals surface area contributed by atoms with Gasteiger partial charge in [-0.2, -0.15) is 0 Å². The van der Waals surface area contributed by atoms with Crippen molar-refractivity contribution in [2.45, 2.75) is 12.1 Å². The molecule has 1 aliphatic rings. The third-order valence-corrected chi connectivity index (χ3v) is 6.85. The lowest BCUT2D eigenvalue weighted by Crippen LogP contribution is -2.30. The molecule has 2 aromatic heterocycles. The van der Waals surface area contributed by atoms with Gasteiger partial charge in [0.05, 0.1) is 34.0 Å². The van der Waals surface area contributed by atoms with Gasteiger partial charge in [0.25, 0.3) is 5.69 Å². The molecule has 0 spiro atoms. The van der Waals surface area contributed by atoms with Gasteiger partial charge < -0.3 is 24.3 Å². The van der Waals surface area contributed by atoms with Crippen LogP contribution in [0.2, 0.25) is 5.02 Å². The van der Waals surface area contributed by atoms with Crippen LogP contribution in [0.1, 0.15) is 23.5 Å². The highest BCUT2D eigenvalue weighted by Gasteiger charge is 2.42. The molecule has 2 unspecified atom stereocenters. The first kappa shape index (κ1) is 25.7. The van der Waals surface area contributed by atoms with Gasteiger partial charge in [-0.3, -0.25) is 15.1 Å². The highest BCUT2D eigenvalue weighted by Crippen LogP contribution is 2.43. The summed E-state index contributed by atoms with van der Waals surface area (Å²) in [5, 5.41) is 15.8. The van der Waals surface area contributed by atoms with Crippen LogP contribution in [0.4, 0.5) is 11.4 Å². The van der Waals surface area contributed by atoms with E-state index in [9.17, 15) is 10.1 Å². The molecule has 0 amide bonds. The summed E-state index contributed by atoms with van der Waals surface area (Å²) in [4.78, 5) is 17.6. The summed E-state index contributed by atoms with van der Waals surface area (Å²) in [5.41, 5.74) is 3.11. The second-order valence-corrected chi connectivity index (χ2v) is 9.33. The molecule has 0 radical (unpaired) electrons. The van der Waals surface area contributed by atoms with E-state index in [1.54, 1.807) is 31.5 Å². The summed E-state index contributed by atoms with van der Waals surface area (Å²) in [6.45, 7) is 0.820. The Morgan fingerprint density at radius 1 is 1.08 bits per heavy atom. The fraction of sp³-hybridized carbons (Fsp3) is 0.185. The Morgan fingerprint density at radius 3 is 2.68 bits per heavy atom. The summed E-state index contributed by atoms with van der Waals surface area (Å²) < 4.78 is 12.7. The van der Waals surface area contributed by atoms with Crippen LogP contribution in [0.15, 0.2) is 85.2 Å². The van der Waals surface area contributed by atoms with Crippen molar-refractivity contribution in [1.82, 2.24) is 14.9 Å². The topological polar surface area (TPSA) is 94.7 Å². The monoisotopic (exact) mass is 549 g/mol. The number of hydrogen-bond donors (Lipinski definition) is 1. The van der Waals surface area contributed by atoms with E-state index in [0.29, 0.717) is 34.8 Å². The van der Waals surface area contributed by atoms with Crippen molar-refractivity contribution < 1.29 is 14.4 Å². The average Bonchev–Trinajstić information content (AvgIpc) is 3.54. The zero-order chi connectivity index (χ0) is 26.6. The molecule has 194 valence electrons. The fourth-order valence-corrected chi connectivity index (χ4v) is 5.13. The molecule has 2 atom stereocenters. The highest BCUT2D eigenvalue weighted by molar-refractivity contribution is 7.80. The molecular weight excluding hydrogens is 526 g/mol. The number of hydrogen-bond acceptors (Lipinski definition) is 6. The normalized spacial score (nSPS) is 16.9. The maximum absolute atomic E-state index is 11.4. The lowest BCUT2D eigenvalue weighted by molar-refractivity contribution is -0.384. The highest BCUT2D eigenvalue weighted by atomic mass is 35.5. The molecule has 1 aliphatic heterocycles. The molecule has 0 bridgehead atoms. The van der Waals surface area contributed by atoms with Gasteiger partial charge in [0.1, 0.15) is 18.4 Å². The van der Waals surface area contributed by atoms with E-state index in [0.717, 1.165) is 17.1 Å². The van der Waals surface area contributed by atoms with Crippen molar-refractivity contribution in [1.29, 1.82) is 0 Å². The van der Waals surface area contributed by atoms with E-state index < -0.39 is 4.92 Å². The number of pyridine rings is 1. The van der Waals surface area contributed by atoms with Crippen LogP contribution in [0.3, 0.4) is 0 Å². The number of nitro groups is 1. The SMILES string of the molecule is COCCOc1ccc(N2C(=S)NC(c3ccccn3)C2c2cccn2-c2cccc([N+](=O)[O-])c2)cc1Cl. The van der Waals surface area contributed by atoms with Crippen molar-refractivity contribution in [3.05, 3.63) is 112 Å². The number of nitrogens with one attached hydrogen (secondary N) is 1. The van der Waals surface area contributed by atoms with Crippen molar-refractivity contribution in [2.75, 3.05) is 25.2 Å². The van der Waals surface area contributed by atoms with Crippen LogP contribution < -0.4 is 15.0 Å². The first-order valence-electron chi connectivity index (χ1n) is 11.8. The molecule has 38 heavy (non-hydrogen) atoms. The van der Waals surface area contributed by atoms with Gasteiger partial charge in [0.2, 0.25) is 0 Å². The average molecular weight is 550 g/mol. The number of methoxy groups -OCH3 is 1. The zero-order valence-electron chi connectivity index (χ0n) is 20.4. The van der Waals surface area contributed by atoms with E-state index in [1.807, 2.05) is 64.2 Å². The van der Waals surface area contributed by atoms with Crippen LogP contribution in [-0.2, 0) is 4.74 Å². The standard InChI is InChI=1S/C27H24ClN5O4S/c1-36-14-15-37-24-11-10-19(17-21(24)28)32-26(25(30-27(32)38)22-8-2-3-12-29-22)23-9-5-13-31(23)18-6-4-7-20(16-18)33(34)35/h2-13,16-17,25-26H,14-15H2,1H3,(H,30,38). The van der Waals surface area contributed by atoms with Crippen LogP contribution in [0, 0.1) is 10.1 Å². The van der Waals surface area contributed by atoms with Crippen LogP contribution in [0.5, 0.6) is 5.75 Å². The number of thiocarbonyl (C=S) groups is 1.